The van der Waals surface area contributed by atoms with Gasteiger partial charge in [0.25, 0.3) is 10.0 Å². The predicted octanol–water partition coefficient (Wildman–Crippen LogP) is 3.39. The summed E-state index contributed by atoms with van der Waals surface area (Å²) in [5.74, 6) is 0.343. The first-order valence-electron chi connectivity index (χ1n) is 6.42. The molecular formula is C14H16BrN3O2S. The van der Waals surface area contributed by atoms with Crippen LogP contribution in [0.25, 0.3) is 0 Å². The lowest BCUT2D eigenvalue weighted by Gasteiger charge is -2.13. The Morgan fingerprint density at radius 1 is 1.29 bits per heavy atom. The van der Waals surface area contributed by atoms with Crippen molar-refractivity contribution in [2.24, 2.45) is 0 Å². The molecule has 0 aliphatic rings. The number of anilines is 2. The fourth-order valence-corrected chi connectivity index (χ4v) is 3.75. The van der Waals surface area contributed by atoms with Gasteiger partial charge in [-0.3, -0.25) is 4.72 Å². The lowest BCUT2D eigenvalue weighted by Crippen LogP contribution is -2.16. The summed E-state index contributed by atoms with van der Waals surface area (Å²) >= 11 is 3.36. The van der Waals surface area contributed by atoms with Crippen LogP contribution in [0.1, 0.15) is 12.5 Å². The summed E-state index contributed by atoms with van der Waals surface area (Å²) in [5.41, 5.74) is 1.53. The molecule has 112 valence electrons. The number of aromatic nitrogens is 1. The van der Waals surface area contributed by atoms with Crippen LogP contribution in [-0.4, -0.2) is 19.9 Å². The Balaban J connectivity index is 2.39. The van der Waals surface area contributed by atoms with E-state index in [-0.39, 0.29) is 4.90 Å². The molecule has 1 aromatic heterocycles. The molecule has 21 heavy (non-hydrogen) atoms. The molecular weight excluding hydrogens is 354 g/mol. The molecule has 0 saturated heterocycles. The second-order valence-electron chi connectivity index (χ2n) is 4.47. The Hall–Kier alpha value is -1.60. The molecule has 2 aromatic rings. The van der Waals surface area contributed by atoms with Gasteiger partial charge >= 0.3 is 0 Å². The van der Waals surface area contributed by atoms with Crippen LogP contribution in [0.2, 0.25) is 0 Å². The van der Waals surface area contributed by atoms with Crippen molar-refractivity contribution in [2.75, 3.05) is 16.6 Å². The van der Waals surface area contributed by atoms with Crippen LogP contribution in [-0.2, 0) is 10.0 Å². The number of nitrogens with one attached hydrogen (secondary N) is 2. The topological polar surface area (TPSA) is 71.1 Å². The van der Waals surface area contributed by atoms with Crippen LogP contribution in [0.5, 0.6) is 0 Å². The Morgan fingerprint density at radius 2 is 2.05 bits per heavy atom. The van der Waals surface area contributed by atoms with Crippen molar-refractivity contribution in [1.82, 2.24) is 4.98 Å². The van der Waals surface area contributed by atoms with E-state index in [1.54, 1.807) is 18.3 Å². The monoisotopic (exact) mass is 369 g/mol. The van der Waals surface area contributed by atoms with Gasteiger partial charge in [-0.05, 0) is 59.6 Å². The van der Waals surface area contributed by atoms with E-state index in [2.05, 4.69) is 31.0 Å². The number of hydrogen-bond acceptors (Lipinski definition) is 4. The number of aryl methyl sites for hydroxylation is 1. The Labute approximate surface area is 133 Å². The molecule has 1 aromatic carbocycles. The first-order chi connectivity index (χ1) is 9.94. The maximum absolute atomic E-state index is 12.5. The first kappa shape index (κ1) is 15.8. The molecule has 2 rings (SSSR count). The molecule has 0 aliphatic carbocycles. The van der Waals surface area contributed by atoms with Crippen LogP contribution in [0.4, 0.5) is 11.5 Å². The zero-order valence-corrected chi connectivity index (χ0v) is 14.1. The highest BCUT2D eigenvalue weighted by Gasteiger charge is 2.20. The van der Waals surface area contributed by atoms with Crippen molar-refractivity contribution in [1.29, 1.82) is 0 Å². The number of nitrogens with zero attached hydrogens (tertiary/aromatic N) is 1. The molecule has 2 N–H and O–H groups in total. The van der Waals surface area contributed by atoms with E-state index in [1.165, 1.54) is 6.07 Å². The third-order valence-corrected chi connectivity index (χ3v) is 4.83. The smallest absolute Gasteiger partial charge is 0.265 e. The fourth-order valence-electron chi connectivity index (χ4n) is 1.81. The summed E-state index contributed by atoms with van der Waals surface area (Å²) in [6.07, 6.45) is 1.55. The zero-order chi connectivity index (χ0) is 15.5. The van der Waals surface area contributed by atoms with Crippen molar-refractivity contribution >= 4 is 37.5 Å². The van der Waals surface area contributed by atoms with Gasteiger partial charge in [-0.15, -0.1) is 0 Å². The lowest BCUT2D eigenvalue weighted by atomic mass is 10.2. The molecule has 7 heteroatoms. The average molecular weight is 370 g/mol. The highest BCUT2D eigenvalue weighted by atomic mass is 79.9. The summed E-state index contributed by atoms with van der Waals surface area (Å²) in [7, 11) is -3.71. The van der Waals surface area contributed by atoms with E-state index >= 15 is 0 Å². The minimum atomic E-state index is -3.71. The minimum Gasteiger partial charge on any atom is -0.369 e. The second-order valence-corrected chi connectivity index (χ2v) is 6.97. The van der Waals surface area contributed by atoms with Gasteiger partial charge < -0.3 is 5.32 Å². The summed E-state index contributed by atoms with van der Waals surface area (Å²) in [4.78, 5) is 4.20. The Kier molecular flexibility index (Phi) is 4.84. The molecule has 0 amide bonds. The second kappa shape index (κ2) is 6.44. The number of sulfonamides is 1. The molecule has 0 unspecified atom stereocenters. The first-order valence-corrected chi connectivity index (χ1v) is 8.69. The molecule has 0 saturated carbocycles. The van der Waals surface area contributed by atoms with Crippen molar-refractivity contribution in [3.63, 3.8) is 0 Å². The van der Waals surface area contributed by atoms with Gasteiger partial charge in [0.05, 0.1) is 5.69 Å². The highest BCUT2D eigenvalue weighted by molar-refractivity contribution is 9.10. The maximum Gasteiger partial charge on any atom is 0.265 e. The highest BCUT2D eigenvalue weighted by Crippen LogP contribution is 2.27. The number of hydrogen-bond donors (Lipinski definition) is 2. The lowest BCUT2D eigenvalue weighted by molar-refractivity contribution is 0.601. The van der Waals surface area contributed by atoms with E-state index < -0.39 is 10.0 Å². The minimum absolute atomic E-state index is 0.124. The average Bonchev–Trinajstić information content (AvgIpc) is 2.43. The SMILES string of the molecule is CCNc1ncccc1S(=O)(=O)Nc1ccc(C)cc1Br. The zero-order valence-electron chi connectivity index (χ0n) is 11.7. The van der Waals surface area contributed by atoms with E-state index in [4.69, 9.17) is 0 Å². The van der Waals surface area contributed by atoms with Crippen LogP contribution >= 0.6 is 15.9 Å². The van der Waals surface area contributed by atoms with Gasteiger partial charge in [-0.1, -0.05) is 6.07 Å². The maximum atomic E-state index is 12.5. The quantitative estimate of drug-likeness (QED) is 0.847. The normalized spacial score (nSPS) is 11.2. The van der Waals surface area contributed by atoms with Gasteiger partial charge in [0.2, 0.25) is 0 Å². The molecule has 5 nitrogen and oxygen atoms in total. The summed E-state index contributed by atoms with van der Waals surface area (Å²) in [6.45, 7) is 4.41. The van der Waals surface area contributed by atoms with Gasteiger partial charge in [0, 0.05) is 17.2 Å². The third-order valence-electron chi connectivity index (χ3n) is 2.77. The standard InChI is InChI=1S/C14H16BrN3O2S/c1-3-16-14-13(5-4-8-17-14)21(19,20)18-12-7-6-10(2)9-11(12)15/h4-9,18H,3H2,1-2H3,(H,16,17). The van der Waals surface area contributed by atoms with Gasteiger partial charge in [0.15, 0.2) is 0 Å². The van der Waals surface area contributed by atoms with Crippen LogP contribution in [0.3, 0.4) is 0 Å². The number of halogens is 1. The van der Waals surface area contributed by atoms with Crippen molar-refractivity contribution < 1.29 is 8.42 Å². The molecule has 0 bridgehead atoms. The molecule has 0 aliphatic heterocycles. The number of rotatable bonds is 5. The van der Waals surface area contributed by atoms with Crippen LogP contribution < -0.4 is 10.0 Å². The fraction of sp³-hybridized carbons (Fsp3) is 0.214. The Morgan fingerprint density at radius 3 is 2.71 bits per heavy atom. The molecule has 0 atom stereocenters. The number of benzene rings is 1. The van der Waals surface area contributed by atoms with E-state index in [1.807, 2.05) is 26.0 Å². The molecule has 1 heterocycles. The van der Waals surface area contributed by atoms with Crippen molar-refractivity contribution in [3.05, 3.63) is 46.6 Å². The van der Waals surface area contributed by atoms with E-state index in [0.29, 0.717) is 22.5 Å². The third kappa shape index (κ3) is 3.74. The van der Waals surface area contributed by atoms with E-state index in [0.717, 1.165) is 5.56 Å². The predicted molar refractivity (Wildman–Crippen MR) is 88.1 cm³/mol. The van der Waals surface area contributed by atoms with Crippen molar-refractivity contribution in [3.8, 4) is 0 Å². The van der Waals surface area contributed by atoms with Crippen LogP contribution in [0.15, 0.2) is 45.9 Å². The Bertz CT molecular complexity index is 748. The van der Waals surface area contributed by atoms with E-state index in [9.17, 15) is 8.42 Å². The van der Waals surface area contributed by atoms with Gasteiger partial charge in [-0.25, -0.2) is 13.4 Å². The largest absolute Gasteiger partial charge is 0.369 e. The molecule has 0 radical (unpaired) electrons. The molecule has 0 fully saturated rings. The number of pyridine rings is 1. The molecule has 0 spiro atoms. The van der Waals surface area contributed by atoms with Crippen molar-refractivity contribution in [2.45, 2.75) is 18.7 Å². The van der Waals surface area contributed by atoms with Crippen LogP contribution in [0, 0.1) is 6.92 Å². The summed E-state index contributed by atoms with van der Waals surface area (Å²) in [6, 6.07) is 8.54. The van der Waals surface area contributed by atoms with Gasteiger partial charge in [-0.2, -0.15) is 0 Å². The van der Waals surface area contributed by atoms with Gasteiger partial charge in [0.1, 0.15) is 10.7 Å². The summed E-state index contributed by atoms with van der Waals surface area (Å²) in [5, 5.41) is 2.95. The summed E-state index contributed by atoms with van der Waals surface area (Å²) < 4.78 is 28.3.